The Bertz CT molecular complexity index is 487. The first-order valence-corrected chi connectivity index (χ1v) is 7.68. The van der Waals surface area contributed by atoms with Crippen molar-refractivity contribution in [2.45, 2.75) is 32.2 Å². The number of thiophene rings is 1. The van der Waals surface area contributed by atoms with E-state index in [1.54, 1.807) is 11.0 Å². The van der Waals surface area contributed by atoms with Crippen LogP contribution in [-0.4, -0.2) is 47.6 Å². The van der Waals surface area contributed by atoms with Crippen molar-refractivity contribution in [1.29, 1.82) is 0 Å². The van der Waals surface area contributed by atoms with Crippen LogP contribution in [0.15, 0.2) is 12.1 Å². The summed E-state index contributed by atoms with van der Waals surface area (Å²) in [6.07, 6.45) is 2.83. The van der Waals surface area contributed by atoms with Crippen LogP contribution in [0.2, 0.25) is 0 Å². The van der Waals surface area contributed by atoms with Crippen molar-refractivity contribution in [3.63, 3.8) is 0 Å². The topological polar surface area (TPSA) is 69.6 Å². The van der Waals surface area contributed by atoms with Gasteiger partial charge in [-0.1, -0.05) is 0 Å². The molecule has 1 aliphatic heterocycles. The van der Waals surface area contributed by atoms with Crippen LogP contribution < -0.4 is 5.32 Å². The summed E-state index contributed by atoms with van der Waals surface area (Å²) in [5.41, 5.74) is 0. The highest BCUT2D eigenvalue weighted by Crippen LogP contribution is 2.17. The largest absolute Gasteiger partial charge is 0.394 e. The Hall–Kier alpha value is -1.40. The van der Waals surface area contributed by atoms with Gasteiger partial charge in [0, 0.05) is 11.4 Å². The van der Waals surface area contributed by atoms with Crippen LogP contribution >= 0.6 is 11.3 Å². The molecule has 1 unspecified atom stereocenters. The van der Waals surface area contributed by atoms with Crippen LogP contribution in [0.1, 0.15) is 33.8 Å². The first-order valence-electron chi connectivity index (χ1n) is 6.87. The lowest BCUT2D eigenvalue weighted by atomic mass is 10.0. The van der Waals surface area contributed by atoms with Crippen LogP contribution in [0, 0.1) is 6.92 Å². The molecule has 0 bridgehead atoms. The number of aliphatic hydroxyl groups is 1. The maximum absolute atomic E-state index is 12.1. The van der Waals surface area contributed by atoms with Gasteiger partial charge in [0.25, 0.3) is 5.91 Å². The fourth-order valence-corrected chi connectivity index (χ4v) is 3.20. The highest BCUT2D eigenvalue weighted by Gasteiger charge is 2.26. The van der Waals surface area contributed by atoms with Gasteiger partial charge < -0.3 is 15.3 Å². The molecule has 1 atom stereocenters. The van der Waals surface area contributed by atoms with Crippen molar-refractivity contribution >= 4 is 23.2 Å². The van der Waals surface area contributed by atoms with Gasteiger partial charge in [0.05, 0.1) is 24.1 Å². The van der Waals surface area contributed by atoms with Gasteiger partial charge in [-0.3, -0.25) is 9.59 Å². The standard InChI is InChI=1S/C14H20N2O3S/c1-10-5-6-12(20-10)14(19)15-8-13(18)16-7-3-2-4-11(16)9-17/h5-6,11,17H,2-4,7-9H2,1H3,(H,15,19). The van der Waals surface area contributed by atoms with E-state index in [1.165, 1.54) is 11.3 Å². The zero-order chi connectivity index (χ0) is 14.5. The number of carbonyl (C=O) groups is 2. The average Bonchev–Trinajstić information content (AvgIpc) is 2.91. The van der Waals surface area contributed by atoms with E-state index in [9.17, 15) is 14.7 Å². The summed E-state index contributed by atoms with van der Waals surface area (Å²) in [6, 6.07) is 3.54. The van der Waals surface area contributed by atoms with E-state index >= 15 is 0 Å². The predicted molar refractivity (Wildman–Crippen MR) is 77.8 cm³/mol. The van der Waals surface area contributed by atoms with Crippen molar-refractivity contribution in [3.05, 3.63) is 21.9 Å². The van der Waals surface area contributed by atoms with Gasteiger partial charge in [-0.05, 0) is 38.3 Å². The number of hydrogen-bond donors (Lipinski definition) is 2. The minimum Gasteiger partial charge on any atom is -0.394 e. The summed E-state index contributed by atoms with van der Waals surface area (Å²) in [5, 5.41) is 11.9. The summed E-state index contributed by atoms with van der Waals surface area (Å²) in [6.45, 7) is 2.58. The second-order valence-corrected chi connectivity index (χ2v) is 6.30. The van der Waals surface area contributed by atoms with Gasteiger partial charge in [-0.2, -0.15) is 0 Å². The van der Waals surface area contributed by atoms with E-state index in [0.717, 1.165) is 24.1 Å². The number of rotatable bonds is 4. The lowest BCUT2D eigenvalue weighted by Crippen LogP contribution is -2.49. The molecule has 0 radical (unpaired) electrons. The van der Waals surface area contributed by atoms with Gasteiger partial charge in [-0.15, -0.1) is 11.3 Å². The van der Waals surface area contributed by atoms with Crippen molar-refractivity contribution in [3.8, 4) is 0 Å². The molecule has 0 spiro atoms. The number of carbonyl (C=O) groups excluding carboxylic acids is 2. The Morgan fingerprint density at radius 1 is 1.45 bits per heavy atom. The molecule has 2 amide bonds. The number of hydrogen-bond acceptors (Lipinski definition) is 4. The van der Waals surface area contributed by atoms with E-state index in [-0.39, 0.29) is 31.0 Å². The van der Waals surface area contributed by atoms with E-state index in [1.807, 2.05) is 13.0 Å². The van der Waals surface area contributed by atoms with Gasteiger partial charge in [0.15, 0.2) is 0 Å². The lowest BCUT2D eigenvalue weighted by Gasteiger charge is -2.34. The number of nitrogens with zero attached hydrogens (tertiary/aromatic N) is 1. The molecule has 1 fully saturated rings. The number of piperidine rings is 1. The molecule has 110 valence electrons. The number of aryl methyl sites for hydroxylation is 1. The third-order valence-electron chi connectivity index (χ3n) is 3.52. The summed E-state index contributed by atoms with van der Waals surface area (Å²) in [7, 11) is 0. The van der Waals surface area contributed by atoms with Crippen LogP contribution in [-0.2, 0) is 4.79 Å². The minimum absolute atomic E-state index is 0.00766. The van der Waals surface area contributed by atoms with Crippen LogP contribution in [0.4, 0.5) is 0 Å². The summed E-state index contributed by atoms with van der Waals surface area (Å²) < 4.78 is 0. The van der Waals surface area contributed by atoms with Crippen molar-refractivity contribution in [2.75, 3.05) is 19.7 Å². The van der Waals surface area contributed by atoms with Gasteiger partial charge >= 0.3 is 0 Å². The molecule has 5 nitrogen and oxygen atoms in total. The number of likely N-dealkylation sites (tertiary alicyclic amines) is 1. The Morgan fingerprint density at radius 3 is 2.90 bits per heavy atom. The van der Waals surface area contributed by atoms with Gasteiger partial charge in [0.2, 0.25) is 5.91 Å². The molecule has 2 heterocycles. The highest BCUT2D eigenvalue weighted by molar-refractivity contribution is 7.13. The molecule has 0 aliphatic carbocycles. The molecule has 0 saturated carbocycles. The second-order valence-electron chi connectivity index (χ2n) is 5.01. The average molecular weight is 296 g/mol. The van der Waals surface area contributed by atoms with Crippen molar-refractivity contribution < 1.29 is 14.7 Å². The molecule has 0 aromatic carbocycles. The number of aliphatic hydroxyl groups excluding tert-OH is 1. The molecule has 2 rings (SSSR count). The van der Waals surface area contributed by atoms with E-state index in [0.29, 0.717) is 11.4 Å². The SMILES string of the molecule is Cc1ccc(C(=O)NCC(=O)N2CCCCC2CO)s1. The minimum atomic E-state index is -0.214. The first-order chi connectivity index (χ1) is 9.61. The Balaban J connectivity index is 1.86. The molecule has 1 aromatic heterocycles. The maximum atomic E-state index is 12.1. The van der Waals surface area contributed by atoms with Crippen LogP contribution in [0.3, 0.4) is 0 Å². The third-order valence-corrected chi connectivity index (χ3v) is 4.52. The summed E-state index contributed by atoms with van der Waals surface area (Å²) in [4.78, 5) is 27.4. The molecular formula is C14H20N2O3S. The van der Waals surface area contributed by atoms with Crippen molar-refractivity contribution in [2.24, 2.45) is 0 Å². The molecule has 1 aliphatic rings. The Morgan fingerprint density at radius 2 is 2.25 bits per heavy atom. The van der Waals surface area contributed by atoms with E-state index in [4.69, 9.17) is 0 Å². The fourth-order valence-electron chi connectivity index (χ4n) is 2.42. The molecule has 2 N–H and O–H groups in total. The number of amides is 2. The highest BCUT2D eigenvalue weighted by atomic mass is 32.1. The fraction of sp³-hybridized carbons (Fsp3) is 0.571. The molecule has 1 aromatic rings. The van der Waals surface area contributed by atoms with E-state index < -0.39 is 0 Å². The maximum Gasteiger partial charge on any atom is 0.261 e. The second kappa shape index (κ2) is 6.85. The third kappa shape index (κ3) is 3.58. The van der Waals surface area contributed by atoms with Gasteiger partial charge in [-0.25, -0.2) is 0 Å². The zero-order valence-corrected chi connectivity index (χ0v) is 12.4. The summed E-state index contributed by atoms with van der Waals surface area (Å²) >= 11 is 1.41. The summed E-state index contributed by atoms with van der Waals surface area (Å²) in [5.74, 6) is -0.334. The normalized spacial score (nSPS) is 18.9. The molecular weight excluding hydrogens is 276 g/mol. The number of nitrogens with one attached hydrogen (secondary N) is 1. The Labute approximate surface area is 122 Å². The zero-order valence-electron chi connectivity index (χ0n) is 11.6. The van der Waals surface area contributed by atoms with Gasteiger partial charge in [0.1, 0.15) is 0 Å². The monoisotopic (exact) mass is 296 g/mol. The van der Waals surface area contributed by atoms with E-state index in [2.05, 4.69) is 5.32 Å². The molecule has 20 heavy (non-hydrogen) atoms. The lowest BCUT2D eigenvalue weighted by molar-refractivity contribution is -0.134. The van der Waals surface area contributed by atoms with Crippen LogP contribution in [0.5, 0.6) is 0 Å². The quantitative estimate of drug-likeness (QED) is 0.876. The molecule has 6 heteroatoms. The first kappa shape index (κ1) is 15.0. The smallest absolute Gasteiger partial charge is 0.261 e. The Kier molecular flexibility index (Phi) is 5.14. The van der Waals surface area contributed by atoms with Crippen molar-refractivity contribution in [1.82, 2.24) is 10.2 Å². The predicted octanol–water partition coefficient (Wildman–Crippen LogP) is 1.16. The van der Waals surface area contributed by atoms with Crippen LogP contribution in [0.25, 0.3) is 0 Å². The molecule has 1 saturated heterocycles.